The summed E-state index contributed by atoms with van der Waals surface area (Å²) in [7, 11) is 0. The van der Waals surface area contributed by atoms with Crippen LogP contribution in [0.1, 0.15) is 23.2 Å². The van der Waals surface area contributed by atoms with Crippen molar-refractivity contribution in [2.24, 2.45) is 0 Å². The van der Waals surface area contributed by atoms with Crippen molar-refractivity contribution in [1.82, 2.24) is 25.5 Å². The maximum atomic E-state index is 12.2. The first-order valence-electron chi connectivity index (χ1n) is 7.08. The van der Waals surface area contributed by atoms with Gasteiger partial charge in [-0.2, -0.15) is 5.10 Å². The summed E-state index contributed by atoms with van der Waals surface area (Å²) in [5.41, 5.74) is 8.56. The minimum Gasteiger partial charge on any atom is -0.383 e. The minimum atomic E-state index is -0.0617. The van der Waals surface area contributed by atoms with E-state index in [9.17, 15) is 4.79 Å². The molecule has 110 valence electrons. The molecule has 1 aliphatic rings. The lowest BCUT2D eigenvalue weighted by Gasteiger charge is -2.05. The number of carbonyl (C=O) groups excluding carboxylic acids is 1. The Morgan fingerprint density at radius 1 is 1.32 bits per heavy atom. The molecular formula is C15H14N6O. The molecule has 2 heterocycles. The summed E-state index contributed by atoms with van der Waals surface area (Å²) in [6.45, 7) is 0. The second-order valence-electron chi connectivity index (χ2n) is 5.38. The fraction of sp³-hybridized carbons (Fsp3) is 0.200. The fourth-order valence-electron chi connectivity index (χ4n) is 2.40. The van der Waals surface area contributed by atoms with Crippen molar-refractivity contribution in [3.8, 4) is 11.3 Å². The average molecular weight is 294 g/mol. The summed E-state index contributed by atoms with van der Waals surface area (Å²) in [4.78, 5) is 20.3. The Bertz CT molecular complexity index is 867. The van der Waals surface area contributed by atoms with E-state index in [-0.39, 0.29) is 5.91 Å². The number of carbonyl (C=O) groups is 1. The van der Waals surface area contributed by atoms with Gasteiger partial charge in [-0.3, -0.25) is 9.89 Å². The summed E-state index contributed by atoms with van der Waals surface area (Å²) >= 11 is 0. The Morgan fingerprint density at radius 2 is 2.18 bits per heavy atom. The molecule has 3 aromatic rings. The summed E-state index contributed by atoms with van der Waals surface area (Å²) in [6.07, 6.45) is 3.51. The molecule has 7 heteroatoms. The normalized spacial score (nSPS) is 14.2. The number of nitrogens with zero attached hydrogens (tertiary/aromatic N) is 3. The largest absolute Gasteiger partial charge is 0.383 e. The van der Waals surface area contributed by atoms with Crippen molar-refractivity contribution in [2.45, 2.75) is 18.9 Å². The van der Waals surface area contributed by atoms with E-state index in [4.69, 9.17) is 5.73 Å². The molecule has 0 aliphatic heterocycles. The van der Waals surface area contributed by atoms with E-state index in [2.05, 4.69) is 25.5 Å². The number of aromatic nitrogens is 4. The number of amides is 1. The van der Waals surface area contributed by atoms with Crippen LogP contribution in [0.25, 0.3) is 22.3 Å². The third-order valence-electron chi connectivity index (χ3n) is 3.70. The molecule has 1 aromatic carbocycles. The lowest BCUT2D eigenvalue weighted by atomic mass is 10.1. The molecule has 4 rings (SSSR count). The molecule has 0 bridgehead atoms. The van der Waals surface area contributed by atoms with Crippen LogP contribution in [-0.2, 0) is 0 Å². The van der Waals surface area contributed by atoms with Crippen molar-refractivity contribution in [1.29, 1.82) is 0 Å². The molecule has 0 unspecified atom stereocenters. The maximum absolute atomic E-state index is 12.2. The van der Waals surface area contributed by atoms with Gasteiger partial charge in [0.2, 0.25) is 0 Å². The van der Waals surface area contributed by atoms with Crippen LogP contribution >= 0.6 is 0 Å². The Hall–Kier alpha value is -2.96. The van der Waals surface area contributed by atoms with Crippen molar-refractivity contribution in [2.75, 3.05) is 5.73 Å². The average Bonchev–Trinajstić information content (AvgIpc) is 3.23. The van der Waals surface area contributed by atoms with Gasteiger partial charge >= 0.3 is 0 Å². The standard InChI is InChI=1S/C15H14N6O/c16-13-11-12(20-21-14(11)18-7-17-13)8-2-1-3-9(6-8)15(22)19-10-4-5-10/h1-3,6-7,10H,4-5H2,(H,19,22)(H3,16,17,18,20,21). The zero-order valence-corrected chi connectivity index (χ0v) is 11.7. The van der Waals surface area contributed by atoms with Crippen molar-refractivity contribution < 1.29 is 4.79 Å². The molecule has 4 N–H and O–H groups in total. The van der Waals surface area contributed by atoms with Crippen LogP contribution in [0.3, 0.4) is 0 Å². The van der Waals surface area contributed by atoms with Crippen LogP contribution in [0.15, 0.2) is 30.6 Å². The number of fused-ring (bicyclic) bond motifs is 1. The molecule has 1 saturated carbocycles. The highest BCUT2D eigenvalue weighted by Crippen LogP contribution is 2.29. The van der Waals surface area contributed by atoms with Gasteiger partial charge in [-0.1, -0.05) is 12.1 Å². The number of H-pyrrole nitrogens is 1. The van der Waals surface area contributed by atoms with Gasteiger partial charge in [0, 0.05) is 17.2 Å². The highest BCUT2D eigenvalue weighted by atomic mass is 16.1. The molecule has 0 radical (unpaired) electrons. The van der Waals surface area contributed by atoms with E-state index in [1.54, 1.807) is 12.1 Å². The van der Waals surface area contributed by atoms with Gasteiger partial charge in [0.25, 0.3) is 5.91 Å². The zero-order valence-electron chi connectivity index (χ0n) is 11.7. The third kappa shape index (κ3) is 2.16. The number of anilines is 1. The molecule has 2 aromatic heterocycles. The van der Waals surface area contributed by atoms with Crippen LogP contribution in [0.5, 0.6) is 0 Å². The summed E-state index contributed by atoms with van der Waals surface area (Å²) in [5.74, 6) is 0.301. The van der Waals surface area contributed by atoms with E-state index in [1.807, 2.05) is 12.1 Å². The quantitative estimate of drug-likeness (QED) is 0.678. The number of nitrogens with two attached hydrogens (primary N) is 1. The van der Waals surface area contributed by atoms with E-state index >= 15 is 0 Å². The van der Waals surface area contributed by atoms with Gasteiger partial charge < -0.3 is 11.1 Å². The molecule has 1 amide bonds. The third-order valence-corrected chi connectivity index (χ3v) is 3.70. The Morgan fingerprint density at radius 3 is 3.00 bits per heavy atom. The van der Waals surface area contributed by atoms with Crippen LogP contribution in [0, 0.1) is 0 Å². The van der Waals surface area contributed by atoms with Crippen LogP contribution in [0.4, 0.5) is 5.82 Å². The van der Waals surface area contributed by atoms with E-state index < -0.39 is 0 Å². The fourth-order valence-corrected chi connectivity index (χ4v) is 2.40. The number of hydrogen-bond donors (Lipinski definition) is 3. The number of benzene rings is 1. The predicted molar refractivity (Wildman–Crippen MR) is 82.0 cm³/mol. The molecule has 1 aliphatic carbocycles. The SMILES string of the molecule is Nc1ncnc2[nH]nc(-c3cccc(C(=O)NC4CC4)c3)c12. The van der Waals surface area contributed by atoms with Crippen molar-refractivity contribution >= 4 is 22.8 Å². The first-order chi connectivity index (χ1) is 10.7. The molecular weight excluding hydrogens is 280 g/mol. The van der Waals surface area contributed by atoms with Crippen molar-refractivity contribution in [3.05, 3.63) is 36.2 Å². The lowest BCUT2D eigenvalue weighted by molar-refractivity contribution is 0.0951. The first-order valence-corrected chi connectivity index (χ1v) is 7.08. The summed E-state index contributed by atoms with van der Waals surface area (Å²) in [5, 5.41) is 10.7. The van der Waals surface area contributed by atoms with Crippen LogP contribution in [0.2, 0.25) is 0 Å². The zero-order chi connectivity index (χ0) is 15.1. The Balaban J connectivity index is 1.76. The second-order valence-corrected chi connectivity index (χ2v) is 5.38. The lowest BCUT2D eigenvalue weighted by Crippen LogP contribution is -2.25. The van der Waals surface area contributed by atoms with E-state index in [0.717, 1.165) is 18.4 Å². The van der Waals surface area contributed by atoms with Crippen LogP contribution in [-0.4, -0.2) is 32.1 Å². The van der Waals surface area contributed by atoms with E-state index in [0.29, 0.717) is 34.2 Å². The number of rotatable bonds is 3. The Kier molecular flexibility index (Phi) is 2.78. The van der Waals surface area contributed by atoms with Gasteiger partial charge in [0.15, 0.2) is 5.65 Å². The second kappa shape index (κ2) is 4.80. The Labute approximate surface area is 126 Å². The monoisotopic (exact) mass is 294 g/mol. The number of nitrogens with one attached hydrogen (secondary N) is 2. The molecule has 0 saturated heterocycles. The first kappa shape index (κ1) is 12.8. The minimum absolute atomic E-state index is 0.0617. The molecule has 7 nitrogen and oxygen atoms in total. The topological polar surface area (TPSA) is 110 Å². The van der Waals surface area contributed by atoms with Gasteiger partial charge in [0.05, 0.1) is 5.39 Å². The molecule has 22 heavy (non-hydrogen) atoms. The molecule has 0 atom stereocenters. The van der Waals surface area contributed by atoms with Crippen molar-refractivity contribution in [3.63, 3.8) is 0 Å². The van der Waals surface area contributed by atoms with Gasteiger partial charge in [-0.05, 0) is 25.0 Å². The highest BCUT2D eigenvalue weighted by Gasteiger charge is 2.24. The number of aromatic amines is 1. The van der Waals surface area contributed by atoms with E-state index in [1.165, 1.54) is 6.33 Å². The summed E-state index contributed by atoms with van der Waals surface area (Å²) in [6, 6.07) is 7.63. The number of nitrogen functional groups attached to an aromatic ring is 1. The number of hydrogen-bond acceptors (Lipinski definition) is 5. The highest BCUT2D eigenvalue weighted by molar-refractivity contribution is 6.00. The predicted octanol–water partition coefficient (Wildman–Crippen LogP) is 1.49. The van der Waals surface area contributed by atoms with Gasteiger partial charge in [0.1, 0.15) is 17.8 Å². The molecule has 1 fully saturated rings. The molecule has 0 spiro atoms. The smallest absolute Gasteiger partial charge is 0.251 e. The maximum Gasteiger partial charge on any atom is 0.251 e. The van der Waals surface area contributed by atoms with Crippen LogP contribution < -0.4 is 11.1 Å². The summed E-state index contributed by atoms with van der Waals surface area (Å²) < 4.78 is 0. The van der Waals surface area contributed by atoms with Gasteiger partial charge in [-0.25, -0.2) is 9.97 Å². The van der Waals surface area contributed by atoms with Gasteiger partial charge in [-0.15, -0.1) is 0 Å².